The van der Waals surface area contributed by atoms with Crippen LogP contribution in [0.15, 0.2) is 11.1 Å². The lowest BCUT2D eigenvalue weighted by molar-refractivity contribution is -0.129. The summed E-state index contributed by atoms with van der Waals surface area (Å²) >= 11 is 0. The zero-order valence-electron chi connectivity index (χ0n) is 12.0. The highest BCUT2D eigenvalue weighted by Gasteiger charge is 2.29. The van der Waals surface area contributed by atoms with E-state index in [9.17, 15) is 4.79 Å². The van der Waals surface area contributed by atoms with Gasteiger partial charge in [0.25, 0.3) is 0 Å². The first-order valence-electron chi connectivity index (χ1n) is 7.68. The van der Waals surface area contributed by atoms with Crippen molar-refractivity contribution in [3.8, 4) is 0 Å². The van der Waals surface area contributed by atoms with Crippen LogP contribution in [0, 0.1) is 0 Å². The monoisotopic (exact) mass is 263 g/mol. The van der Waals surface area contributed by atoms with Crippen LogP contribution in [0.5, 0.6) is 0 Å². The van der Waals surface area contributed by atoms with Gasteiger partial charge >= 0.3 is 0 Å². The Kier molecular flexibility index (Phi) is 3.89. The summed E-state index contributed by atoms with van der Waals surface area (Å²) in [6.45, 7) is 7.75. The van der Waals surface area contributed by atoms with Crippen LogP contribution < -0.4 is 5.32 Å². The number of rotatable bonds is 2. The van der Waals surface area contributed by atoms with Gasteiger partial charge in [0.05, 0.1) is 0 Å². The molecule has 1 N–H and O–H groups in total. The topological polar surface area (TPSA) is 35.6 Å². The number of hydrogen-bond donors (Lipinski definition) is 1. The first kappa shape index (κ1) is 13.1. The normalized spacial score (nSPS) is 25.5. The molecule has 3 rings (SSSR count). The molecule has 1 amide bonds. The van der Waals surface area contributed by atoms with Gasteiger partial charge in [-0.1, -0.05) is 12.8 Å². The maximum absolute atomic E-state index is 12.4. The van der Waals surface area contributed by atoms with E-state index in [4.69, 9.17) is 0 Å². The van der Waals surface area contributed by atoms with Gasteiger partial charge in [-0.3, -0.25) is 9.69 Å². The summed E-state index contributed by atoms with van der Waals surface area (Å²) in [4.78, 5) is 17.0. The molecule has 3 aliphatic rings. The van der Waals surface area contributed by atoms with Crippen LogP contribution in [0.1, 0.15) is 32.6 Å². The fraction of sp³-hybridized carbons (Fsp3) is 0.800. The molecule has 2 heterocycles. The molecule has 106 valence electrons. The minimum atomic E-state index is 0.266. The molecule has 0 aromatic carbocycles. The molecule has 4 nitrogen and oxygen atoms in total. The van der Waals surface area contributed by atoms with Gasteiger partial charge in [0.15, 0.2) is 0 Å². The lowest BCUT2D eigenvalue weighted by atomic mass is 10.0. The quantitative estimate of drug-likeness (QED) is 0.755. The van der Waals surface area contributed by atoms with Crippen molar-refractivity contribution in [3.63, 3.8) is 0 Å². The number of nitrogens with one attached hydrogen (secondary N) is 1. The van der Waals surface area contributed by atoms with E-state index < -0.39 is 0 Å². The third-order valence-corrected chi connectivity index (χ3v) is 4.97. The third kappa shape index (κ3) is 2.70. The molecule has 2 saturated heterocycles. The summed E-state index contributed by atoms with van der Waals surface area (Å²) in [7, 11) is 0. The van der Waals surface area contributed by atoms with Crippen LogP contribution in [-0.4, -0.2) is 61.0 Å². The van der Waals surface area contributed by atoms with Crippen molar-refractivity contribution >= 4 is 5.91 Å². The Labute approximate surface area is 115 Å². The highest BCUT2D eigenvalue weighted by Crippen LogP contribution is 2.24. The number of nitrogens with zero attached hydrogens (tertiary/aromatic N) is 2. The summed E-state index contributed by atoms with van der Waals surface area (Å²) in [5, 5.41) is 3.21. The van der Waals surface area contributed by atoms with Crippen molar-refractivity contribution in [3.05, 3.63) is 11.1 Å². The largest absolute Gasteiger partial charge is 0.336 e. The molecule has 0 unspecified atom stereocenters. The maximum Gasteiger partial charge on any atom is 0.249 e. The van der Waals surface area contributed by atoms with Gasteiger partial charge in [-0.2, -0.15) is 0 Å². The molecule has 0 aromatic rings. The van der Waals surface area contributed by atoms with Gasteiger partial charge in [-0.25, -0.2) is 0 Å². The van der Waals surface area contributed by atoms with E-state index in [2.05, 4.69) is 10.2 Å². The van der Waals surface area contributed by atoms with Crippen LogP contribution in [0.4, 0.5) is 0 Å². The number of carbonyl (C=O) groups is 1. The molecule has 3 fully saturated rings. The van der Waals surface area contributed by atoms with Gasteiger partial charge < -0.3 is 10.2 Å². The van der Waals surface area contributed by atoms with E-state index >= 15 is 0 Å². The predicted octanol–water partition coefficient (Wildman–Crippen LogP) is 0.993. The Morgan fingerprint density at radius 2 is 1.74 bits per heavy atom. The third-order valence-electron chi connectivity index (χ3n) is 4.97. The van der Waals surface area contributed by atoms with E-state index in [1.54, 1.807) is 0 Å². The Hall–Kier alpha value is -0.870. The lowest BCUT2D eigenvalue weighted by Crippen LogP contribution is -2.52. The average Bonchev–Trinajstić information content (AvgIpc) is 2.90. The zero-order valence-corrected chi connectivity index (χ0v) is 12.0. The summed E-state index contributed by atoms with van der Waals surface area (Å²) in [5.74, 6) is 0.266. The number of piperazine rings is 1. The lowest BCUT2D eigenvalue weighted by Gasteiger charge is -2.38. The minimum Gasteiger partial charge on any atom is -0.336 e. The maximum atomic E-state index is 12.4. The first-order valence-corrected chi connectivity index (χ1v) is 7.68. The van der Waals surface area contributed by atoms with Crippen LogP contribution in [-0.2, 0) is 4.79 Å². The summed E-state index contributed by atoms with van der Waals surface area (Å²) < 4.78 is 0. The predicted molar refractivity (Wildman–Crippen MR) is 76.0 cm³/mol. The number of hydrogen-bond acceptors (Lipinski definition) is 3. The van der Waals surface area contributed by atoms with Gasteiger partial charge in [-0.05, 0) is 25.3 Å². The Bertz CT molecular complexity index is 371. The van der Waals surface area contributed by atoms with Crippen molar-refractivity contribution in [2.24, 2.45) is 0 Å². The highest BCUT2D eigenvalue weighted by molar-refractivity contribution is 5.94. The molecule has 0 bridgehead atoms. The first-order chi connectivity index (χ1) is 9.25. The van der Waals surface area contributed by atoms with Crippen molar-refractivity contribution in [1.29, 1.82) is 0 Å². The van der Waals surface area contributed by atoms with Gasteiger partial charge in [0.1, 0.15) is 0 Å². The second-order valence-electron chi connectivity index (χ2n) is 6.10. The fourth-order valence-electron chi connectivity index (χ4n) is 3.46. The van der Waals surface area contributed by atoms with Crippen LogP contribution >= 0.6 is 0 Å². The van der Waals surface area contributed by atoms with Crippen molar-refractivity contribution in [2.45, 2.75) is 38.6 Å². The Balaban J connectivity index is 1.53. The van der Waals surface area contributed by atoms with Crippen molar-refractivity contribution in [2.75, 3.05) is 39.3 Å². The molecule has 2 aliphatic heterocycles. The highest BCUT2D eigenvalue weighted by atomic mass is 16.2. The van der Waals surface area contributed by atoms with E-state index in [1.165, 1.54) is 31.3 Å². The molecule has 0 spiro atoms. The van der Waals surface area contributed by atoms with Gasteiger partial charge in [0.2, 0.25) is 5.91 Å². The standard InChI is InChI=1S/C15H25N3O/c1-12(13-10-16-11-13)15(19)18-8-6-17(7-9-18)14-4-2-3-5-14/h14,16H,2-11H2,1H3. The van der Waals surface area contributed by atoms with Gasteiger partial charge in [-0.15, -0.1) is 0 Å². The summed E-state index contributed by atoms with van der Waals surface area (Å²) in [5.41, 5.74) is 2.27. The van der Waals surface area contributed by atoms with Crippen LogP contribution in [0.25, 0.3) is 0 Å². The molecular formula is C15H25N3O. The van der Waals surface area contributed by atoms with Crippen LogP contribution in [0.2, 0.25) is 0 Å². The average molecular weight is 263 g/mol. The number of amides is 1. The Morgan fingerprint density at radius 1 is 1.11 bits per heavy atom. The second kappa shape index (κ2) is 5.63. The fourth-order valence-corrected chi connectivity index (χ4v) is 3.46. The van der Waals surface area contributed by atoms with E-state index in [0.29, 0.717) is 0 Å². The molecule has 0 aromatic heterocycles. The molecule has 1 aliphatic carbocycles. The number of carbonyl (C=O) groups excluding carboxylic acids is 1. The summed E-state index contributed by atoms with van der Waals surface area (Å²) in [6.07, 6.45) is 5.51. The minimum absolute atomic E-state index is 0.266. The summed E-state index contributed by atoms with van der Waals surface area (Å²) in [6, 6.07) is 0.799. The molecule has 4 heteroatoms. The van der Waals surface area contributed by atoms with Crippen molar-refractivity contribution < 1.29 is 4.79 Å². The van der Waals surface area contributed by atoms with E-state index in [1.807, 2.05) is 11.8 Å². The van der Waals surface area contributed by atoms with Crippen molar-refractivity contribution in [1.82, 2.24) is 15.1 Å². The Morgan fingerprint density at radius 3 is 2.26 bits per heavy atom. The second-order valence-corrected chi connectivity index (χ2v) is 6.10. The zero-order chi connectivity index (χ0) is 13.2. The van der Waals surface area contributed by atoms with E-state index in [-0.39, 0.29) is 5.91 Å². The molecule has 0 atom stereocenters. The molecule has 0 radical (unpaired) electrons. The molecular weight excluding hydrogens is 238 g/mol. The smallest absolute Gasteiger partial charge is 0.249 e. The molecule has 19 heavy (non-hydrogen) atoms. The molecule has 1 saturated carbocycles. The van der Waals surface area contributed by atoms with E-state index in [0.717, 1.165) is 50.9 Å². The SMILES string of the molecule is CC(C(=O)N1CCN(C2CCCC2)CC1)=C1CNC1. The van der Waals surface area contributed by atoms with Gasteiger partial charge in [0, 0.05) is 50.9 Å². The van der Waals surface area contributed by atoms with Crippen LogP contribution in [0.3, 0.4) is 0 Å².